The molecule has 7 heteroatoms. The Hall–Kier alpha value is -2.99. The minimum atomic E-state index is -1.58. The Morgan fingerprint density at radius 1 is 1.22 bits per heavy atom. The number of rotatable bonds is 7. The van der Waals surface area contributed by atoms with Crippen molar-refractivity contribution in [3.63, 3.8) is 0 Å². The van der Waals surface area contributed by atoms with Crippen LogP contribution in [0.1, 0.15) is 54.9 Å². The molecule has 1 heterocycles. The van der Waals surface area contributed by atoms with E-state index in [4.69, 9.17) is 16.3 Å². The molecule has 3 rings (SSSR count). The van der Waals surface area contributed by atoms with Crippen molar-refractivity contribution >= 4 is 34.4 Å². The first-order chi connectivity index (χ1) is 15.0. The van der Waals surface area contributed by atoms with E-state index in [9.17, 15) is 19.8 Å². The molecule has 170 valence electrons. The quantitative estimate of drug-likeness (QED) is 0.455. The molecule has 0 aliphatic rings. The van der Waals surface area contributed by atoms with Crippen molar-refractivity contribution in [3.8, 4) is 5.75 Å². The molecule has 32 heavy (non-hydrogen) atoms. The highest BCUT2D eigenvalue weighted by Crippen LogP contribution is 2.42. The number of hydrogen-bond donors (Lipinski definition) is 2. The summed E-state index contributed by atoms with van der Waals surface area (Å²) in [6.45, 7) is 10.2. The predicted octanol–water partition coefficient (Wildman–Crippen LogP) is 5.53. The molecule has 0 saturated heterocycles. The monoisotopic (exact) mass is 457 g/mol. The minimum absolute atomic E-state index is 0.133. The fourth-order valence-electron chi connectivity index (χ4n) is 4.25. The Balaban J connectivity index is 2.46. The van der Waals surface area contributed by atoms with Crippen molar-refractivity contribution in [1.82, 2.24) is 4.57 Å². The fourth-order valence-corrected chi connectivity index (χ4v) is 4.48. The third-order valence-electron chi connectivity index (χ3n) is 5.80. The summed E-state index contributed by atoms with van der Waals surface area (Å²) in [4.78, 5) is 25.7. The Labute approximate surface area is 192 Å². The van der Waals surface area contributed by atoms with E-state index in [0.29, 0.717) is 34.5 Å². The van der Waals surface area contributed by atoms with Crippen molar-refractivity contribution in [1.29, 1.82) is 0 Å². The second-order valence-corrected chi connectivity index (χ2v) is 8.95. The molecule has 1 aromatic heterocycles. The van der Waals surface area contributed by atoms with Gasteiger partial charge in [0.1, 0.15) is 11.2 Å². The van der Waals surface area contributed by atoms with Crippen molar-refractivity contribution in [2.24, 2.45) is 5.92 Å². The highest BCUT2D eigenvalue weighted by molar-refractivity contribution is 6.30. The van der Waals surface area contributed by atoms with E-state index in [1.54, 1.807) is 26.0 Å². The average molecular weight is 458 g/mol. The molecule has 3 aromatic rings. The molecule has 6 nitrogen and oxygen atoms in total. The molecular weight excluding hydrogens is 430 g/mol. The first kappa shape index (κ1) is 23.7. The van der Waals surface area contributed by atoms with Gasteiger partial charge in [-0.3, -0.25) is 4.79 Å². The third kappa shape index (κ3) is 3.95. The van der Waals surface area contributed by atoms with Gasteiger partial charge in [0.05, 0.1) is 12.2 Å². The number of hydrogen-bond acceptors (Lipinski definition) is 4. The van der Waals surface area contributed by atoms with E-state index >= 15 is 0 Å². The number of benzene rings is 2. The number of fused-ring (bicyclic) bond motifs is 1. The van der Waals surface area contributed by atoms with Gasteiger partial charge in [-0.1, -0.05) is 37.6 Å². The lowest BCUT2D eigenvalue weighted by atomic mass is 9.74. The third-order valence-corrected chi connectivity index (χ3v) is 6.02. The first-order valence-corrected chi connectivity index (χ1v) is 10.9. The molecule has 2 aromatic carbocycles. The van der Waals surface area contributed by atoms with Crippen LogP contribution in [0.2, 0.25) is 5.02 Å². The standard InChI is InChI=1S/C25H28ClNO5/c1-6-32-23(29)21-15(4)27(13-14(2)3)20-9-7-8-19(22(20)21)25(5,24(30)31)16-10-17(26)12-18(28)11-16/h7-12,14,28H,6,13H2,1-5H3,(H,30,31). The van der Waals surface area contributed by atoms with Gasteiger partial charge in [0, 0.05) is 28.2 Å². The lowest BCUT2D eigenvalue weighted by Gasteiger charge is -2.28. The zero-order valence-corrected chi connectivity index (χ0v) is 19.7. The summed E-state index contributed by atoms with van der Waals surface area (Å²) in [6, 6.07) is 9.64. The van der Waals surface area contributed by atoms with Gasteiger partial charge in [0.15, 0.2) is 0 Å². The number of esters is 1. The van der Waals surface area contributed by atoms with Gasteiger partial charge >= 0.3 is 11.9 Å². The summed E-state index contributed by atoms with van der Waals surface area (Å²) in [6.07, 6.45) is 0. The molecule has 0 radical (unpaired) electrons. The molecule has 1 atom stereocenters. The number of carbonyl (C=O) groups is 2. The van der Waals surface area contributed by atoms with Crippen LogP contribution in [0, 0.1) is 12.8 Å². The van der Waals surface area contributed by atoms with Gasteiger partial charge in [0.2, 0.25) is 0 Å². The Morgan fingerprint density at radius 2 is 1.91 bits per heavy atom. The molecule has 0 aliphatic carbocycles. The number of carbonyl (C=O) groups excluding carboxylic acids is 1. The van der Waals surface area contributed by atoms with Crippen LogP contribution in [0.25, 0.3) is 10.9 Å². The maximum Gasteiger partial charge on any atom is 0.340 e. The SMILES string of the molecule is CCOC(=O)c1c(C)n(CC(C)C)c2cccc(C(C)(C(=O)O)c3cc(O)cc(Cl)c3)c12. The number of aromatic nitrogens is 1. The number of phenols is 1. The van der Waals surface area contributed by atoms with Gasteiger partial charge < -0.3 is 19.5 Å². The predicted molar refractivity (Wildman–Crippen MR) is 125 cm³/mol. The number of aliphatic carboxylic acids is 1. The number of carboxylic acid groups (broad SMARTS) is 1. The Bertz CT molecular complexity index is 1180. The zero-order valence-electron chi connectivity index (χ0n) is 18.9. The number of ether oxygens (including phenoxy) is 1. The topological polar surface area (TPSA) is 88.8 Å². The Morgan fingerprint density at radius 3 is 2.47 bits per heavy atom. The maximum atomic E-state index is 13.0. The molecule has 0 bridgehead atoms. The summed E-state index contributed by atoms with van der Waals surface area (Å²) in [5.74, 6) is -1.45. The molecule has 2 N–H and O–H groups in total. The molecule has 0 fully saturated rings. The van der Waals surface area contributed by atoms with Crippen LogP contribution in [-0.4, -0.2) is 33.3 Å². The largest absolute Gasteiger partial charge is 0.508 e. The van der Waals surface area contributed by atoms with Crippen molar-refractivity contribution in [2.45, 2.75) is 46.6 Å². The number of nitrogens with zero attached hydrogens (tertiary/aromatic N) is 1. The summed E-state index contributed by atoms with van der Waals surface area (Å²) in [7, 11) is 0. The van der Waals surface area contributed by atoms with E-state index in [2.05, 4.69) is 13.8 Å². The summed E-state index contributed by atoms with van der Waals surface area (Å²) in [5.41, 5.74) is 0.998. The van der Waals surface area contributed by atoms with E-state index in [-0.39, 0.29) is 17.4 Å². The summed E-state index contributed by atoms with van der Waals surface area (Å²) >= 11 is 6.14. The molecular formula is C25H28ClNO5. The molecule has 0 saturated carbocycles. The van der Waals surface area contributed by atoms with Crippen molar-refractivity contribution in [2.75, 3.05) is 6.61 Å². The van der Waals surface area contributed by atoms with Crippen LogP contribution in [0.4, 0.5) is 0 Å². The van der Waals surface area contributed by atoms with E-state index in [1.807, 2.05) is 17.6 Å². The lowest BCUT2D eigenvalue weighted by molar-refractivity contribution is -0.141. The molecule has 0 aliphatic heterocycles. The molecule has 0 spiro atoms. The number of carboxylic acids is 1. The van der Waals surface area contributed by atoms with E-state index in [1.165, 1.54) is 18.2 Å². The minimum Gasteiger partial charge on any atom is -0.508 e. The highest BCUT2D eigenvalue weighted by Gasteiger charge is 2.41. The first-order valence-electron chi connectivity index (χ1n) is 10.5. The van der Waals surface area contributed by atoms with E-state index in [0.717, 1.165) is 11.2 Å². The average Bonchev–Trinajstić information content (AvgIpc) is 2.98. The van der Waals surface area contributed by atoms with Crippen molar-refractivity contribution in [3.05, 3.63) is 63.8 Å². The van der Waals surface area contributed by atoms with Crippen LogP contribution in [-0.2, 0) is 21.5 Å². The fraction of sp³-hybridized carbons (Fsp3) is 0.360. The van der Waals surface area contributed by atoms with Crippen molar-refractivity contribution < 1.29 is 24.5 Å². The normalized spacial score (nSPS) is 13.3. The van der Waals surface area contributed by atoms with Gasteiger partial charge in [-0.25, -0.2) is 4.79 Å². The second kappa shape index (κ2) is 8.87. The Kier molecular flexibility index (Phi) is 6.56. The van der Waals surface area contributed by atoms with E-state index < -0.39 is 17.4 Å². The van der Waals surface area contributed by atoms with Gasteiger partial charge in [0.25, 0.3) is 0 Å². The van der Waals surface area contributed by atoms with Crippen LogP contribution >= 0.6 is 11.6 Å². The number of halogens is 1. The van der Waals surface area contributed by atoms with Crippen LogP contribution < -0.4 is 0 Å². The van der Waals surface area contributed by atoms with Gasteiger partial charge in [-0.2, -0.15) is 0 Å². The summed E-state index contributed by atoms with van der Waals surface area (Å²) < 4.78 is 7.38. The maximum absolute atomic E-state index is 13.0. The summed E-state index contributed by atoms with van der Waals surface area (Å²) in [5, 5.41) is 21.2. The smallest absolute Gasteiger partial charge is 0.340 e. The highest BCUT2D eigenvalue weighted by atomic mass is 35.5. The van der Waals surface area contributed by atoms with Gasteiger partial charge in [-0.05, 0) is 62.1 Å². The lowest BCUT2D eigenvalue weighted by Crippen LogP contribution is -2.34. The van der Waals surface area contributed by atoms with Crippen LogP contribution in [0.15, 0.2) is 36.4 Å². The second-order valence-electron chi connectivity index (χ2n) is 8.51. The zero-order chi connectivity index (χ0) is 23.8. The number of phenolic OH excluding ortho intramolecular Hbond substituents is 1. The van der Waals surface area contributed by atoms with Crippen LogP contribution in [0.3, 0.4) is 0 Å². The van der Waals surface area contributed by atoms with Gasteiger partial charge in [-0.15, -0.1) is 0 Å². The number of aromatic hydroxyl groups is 1. The molecule has 1 unspecified atom stereocenters. The molecule has 0 amide bonds. The van der Waals surface area contributed by atoms with Crippen LogP contribution in [0.5, 0.6) is 5.75 Å².